The number of rotatable bonds is 4. The molecule has 1 saturated heterocycles. The number of hydrogen-bond donors (Lipinski definition) is 1. The second-order valence-corrected chi connectivity index (χ2v) is 7.43. The Morgan fingerprint density at radius 1 is 1.20 bits per heavy atom. The average Bonchev–Trinajstić information content (AvgIpc) is 2.73. The summed E-state index contributed by atoms with van der Waals surface area (Å²) in [5, 5.41) is 15.0. The number of pyridine rings is 1. The molecule has 154 valence electrons. The SMILES string of the molecule is Cc1cc(N2CCC(NC(=O)c3ccccc3F)CC2)c2cccc([N+](=O)[O-])c2n1. The second-order valence-electron chi connectivity index (χ2n) is 7.43. The minimum Gasteiger partial charge on any atom is -0.371 e. The van der Waals surface area contributed by atoms with E-state index in [1.807, 2.05) is 19.1 Å². The average molecular weight is 408 g/mol. The van der Waals surface area contributed by atoms with Gasteiger partial charge in [0.1, 0.15) is 5.82 Å². The number of piperidine rings is 1. The van der Waals surface area contributed by atoms with E-state index in [1.54, 1.807) is 18.2 Å². The van der Waals surface area contributed by atoms with Crippen LogP contribution >= 0.6 is 0 Å². The minimum atomic E-state index is -0.534. The van der Waals surface area contributed by atoms with Crippen molar-refractivity contribution in [3.63, 3.8) is 0 Å². The molecular formula is C22H21FN4O3. The zero-order chi connectivity index (χ0) is 21.3. The molecule has 0 saturated carbocycles. The summed E-state index contributed by atoms with van der Waals surface area (Å²) in [5.74, 6) is -0.944. The number of para-hydroxylation sites is 1. The number of aromatic nitrogens is 1. The Morgan fingerprint density at radius 2 is 1.93 bits per heavy atom. The van der Waals surface area contributed by atoms with Crippen LogP contribution in [0.1, 0.15) is 28.9 Å². The van der Waals surface area contributed by atoms with E-state index in [0.717, 1.165) is 11.1 Å². The Labute approximate surface area is 172 Å². The number of aryl methyl sites for hydroxylation is 1. The molecule has 0 aliphatic carbocycles. The largest absolute Gasteiger partial charge is 0.371 e. The third kappa shape index (κ3) is 3.80. The van der Waals surface area contributed by atoms with Crippen molar-refractivity contribution < 1.29 is 14.1 Å². The van der Waals surface area contributed by atoms with Crippen LogP contribution in [0, 0.1) is 22.9 Å². The number of amides is 1. The number of anilines is 1. The molecule has 1 N–H and O–H groups in total. The molecule has 0 bridgehead atoms. The summed E-state index contributed by atoms with van der Waals surface area (Å²) in [4.78, 5) is 29.9. The summed E-state index contributed by atoms with van der Waals surface area (Å²) < 4.78 is 13.8. The third-order valence-electron chi connectivity index (χ3n) is 5.41. The van der Waals surface area contributed by atoms with Crippen LogP contribution in [0.4, 0.5) is 15.8 Å². The monoisotopic (exact) mass is 408 g/mol. The van der Waals surface area contributed by atoms with Crippen molar-refractivity contribution in [1.82, 2.24) is 10.3 Å². The number of nitro groups is 1. The Kier molecular flexibility index (Phi) is 5.31. The van der Waals surface area contributed by atoms with Gasteiger partial charge in [-0.05, 0) is 38.0 Å². The molecule has 0 spiro atoms. The van der Waals surface area contributed by atoms with Crippen molar-refractivity contribution in [2.24, 2.45) is 0 Å². The predicted octanol–water partition coefficient (Wildman–Crippen LogP) is 3.99. The van der Waals surface area contributed by atoms with Crippen LogP contribution in [0.25, 0.3) is 10.9 Å². The molecule has 4 rings (SSSR count). The van der Waals surface area contributed by atoms with Crippen LogP contribution in [0.5, 0.6) is 0 Å². The van der Waals surface area contributed by atoms with Crippen LogP contribution in [0.15, 0.2) is 48.5 Å². The highest BCUT2D eigenvalue weighted by Crippen LogP contribution is 2.33. The van der Waals surface area contributed by atoms with E-state index in [0.29, 0.717) is 37.1 Å². The number of halogens is 1. The molecule has 1 aromatic heterocycles. The van der Waals surface area contributed by atoms with Crippen molar-refractivity contribution >= 4 is 28.2 Å². The lowest BCUT2D eigenvalue weighted by atomic mass is 10.0. The number of nitrogens with zero attached hydrogens (tertiary/aromatic N) is 3. The van der Waals surface area contributed by atoms with Gasteiger partial charge in [-0.3, -0.25) is 14.9 Å². The quantitative estimate of drug-likeness (QED) is 0.521. The zero-order valence-electron chi connectivity index (χ0n) is 16.5. The fourth-order valence-corrected chi connectivity index (χ4v) is 3.92. The highest BCUT2D eigenvalue weighted by molar-refractivity contribution is 5.97. The van der Waals surface area contributed by atoms with Gasteiger partial charge in [-0.15, -0.1) is 0 Å². The number of nitrogens with one attached hydrogen (secondary N) is 1. The van der Waals surface area contributed by atoms with Gasteiger partial charge in [-0.25, -0.2) is 9.37 Å². The molecule has 7 nitrogen and oxygen atoms in total. The van der Waals surface area contributed by atoms with E-state index in [4.69, 9.17) is 0 Å². The van der Waals surface area contributed by atoms with E-state index in [9.17, 15) is 19.3 Å². The fourth-order valence-electron chi connectivity index (χ4n) is 3.92. The Hall–Kier alpha value is -3.55. The fraction of sp³-hybridized carbons (Fsp3) is 0.273. The minimum absolute atomic E-state index is 0.00973. The Morgan fingerprint density at radius 3 is 2.63 bits per heavy atom. The van der Waals surface area contributed by atoms with E-state index in [1.165, 1.54) is 18.2 Å². The number of nitro benzene ring substituents is 1. The normalized spacial score (nSPS) is 14.7. The summed E-state index contributed by atoms with van der Waals surface area (Å²) >= 11 is 0. The summed E-state index contributed by atoms with van der Waals surface area (Å²) in [6.45, 7) is 3.16. The molecule has 1 amide bonds. The van der Waals surface area contributed by atoms with Crippen molar-refractivity contribution in [3.8, 4) is 0 Å². The van der Waals surface area contributed by atoms with Gasteiger partial charge in [0.05, 0.1) is 10.5 Å². The number of non-ortho nitro benzene ring substituents is 1. The molecule has 0 unspecified atom stereocenters. The first kappa shape index (κ1) is 19.8. The van der Waals surface area contributed by atoms with Gasteiger partial charge >= 0.3 is 0 Å². The molecule has 8 heteroatoms. The van der Waals surface area contributed by atoms with Gasteiger partial charge in [0.15, 0.2) is 5.52 Å². The van der Waals surface area contributed by atoms with Gasteiger partial charge in [0, 0.05) is 42.0 Å². The number of hydrogen-bond acceptors (Lipinski definition) is 5. The maximum atomic E-state index is 13.8. The molecule has 3 aromatic rings. The highest BCUT2D eigenvalue weighted by atomic mass is 19.1. The van der Waals surface area contributed by atoms with Gasteiger partial charge in [0.2, 0.25) is 0 Å². The summed E-state index contributed by atoms with van der Waals surface area (Å²) in [5.41, 5.74) is 2.03. The molecule has 1 aliphatic heterocycles. The molecule has 0 atom stereocenters. The van der Waals surface area contributed by atoms with E-state index in [2.05, 4.69) is 15.2 Å². The smallest absolute Gasteiger partial charge is 0.295 e. The van der Waals surface area contributed by atoms with Crippen molar-refractivity contribution in [2.45, 2.75) is 25.8 Å². The lowest BCUT2D eigenvalue weighted by Gasteiger charge is -2.34. The predicted molar refractivity (Wildman–Crippen MR) is 112 cm³/mol. The molecular weight excluding hydrogens is 387 g/mol. The molecule has 0 radical (unpaired) electrons. The maximum Gasteiger partial charge on any atom is 0.295 e. The van der Waals surface area contributed by atoms with Gasteiger partial charge < -0.3 is 10.2 Å². The van der Waals surface area contributed by atoms with Crippen molar-refractivity contribution in [1.29, 1.82) is 0 Å². The van der Waals surface area contributed by atoms with Crippen LogP contribution in [0.3, 0.4) is 0 Å². The first-order valence-electron chi connectivity index (χ1n) is 9.79. The van der Waals surface area contributed by atoms with Crippen molar-refractivity contribution in [3.05, 3.63) is 75.7 Å². The second kappa shape index (κ2) is 8.06. The van der Waals surface area contributed by atoms with Gasteiger partial charge in [-0.2, -0.15) is 0 Å². The Bertz CT molecular complexity index is 1130. The summed E-state index contributed by atoms with van der Waals surface area (Å²) in [6.07, 6.45) is 1.38. The number of carbonyl (C=O) groups excluding carboxylic acids is 1. The maximum absolute atomic E-state index is 13.8. The molecule has 2 heterocycles. The summed E-state index contributed by atoms with van der Waals surface area (Å²) in [6, 6.07) is 12.8. The van der Waals surface area contributed by atoms with Crippen LogP contribution in [-0.2, 0) is 0 Å². The van der Waals surface area contributed by atoms with Gasteiger partial charge in [-0.1, -0.05) is 24.3 Å². The number of carbonyl (C=O) groups is 1. The first-order chi connectivity index (χ1) is 14.4. The summed E-state index contributed by atoms with van der Waals surface area (Å²) in [7, 11) is 0. The molecule has 1 fully saturated rings. The van der Waals surface area contributed by atoms with Crippen LogP contribution < -0.4 is 10.2 Å². The van der Waals surface area contributed by atoms with Crippen LogP contribution in [-0.4, -0.2) is 34.9 Å². The lowest BCUT2D eigenvalue weighted by Crippen LogP contribution is -2.45. The molecule has 30 heavy (non-hydrogen) atoms. The zero-order valence-corrected chi connectivity index (χ0v) is 16.5. The van der Waals surface area contributed by atoms with E-state index >= 15 is 0 Å². The number of fused-ring (bicyclic) bond motifs is 1. The number of benzene rings is 2. The molecule has 1 aliphatic rings. The van der Waals surface area contributed by atoms with Crippen LogP contribution in [0.2, 0.25) is 0 Å². The highest BCUT2D eigenvalue weighted by Gasteiger charge is 2.25. The third-order valence-corrected chi connectivity index (χ3v) is 5.41. The van der Waals surface area contributed by atoms with E-state index in [-0.39, 0.29) is 17.3 Å². The van der Waals surface area contributed by atoms with E-state index < -0.39 is 16.6 Å². The van der Waals surface area contributed by atoms with Gasteiger partial charge in [0.25, 0.3) is 11.6 Å². The topological polar surface area (TPSA) is 88.4 Å². The Balaban J connectivity index is 1.51. The standard InChI is InChI=1S/C22H21FN4O3/c1-14-13-20(17-6-4-8-19(27(29)30)21(17)24-14)26-11-9-15(10-12-26)25-22(28)16-5-2-3-7-18(16)23/h2-8,13,15H,9-12H2,1H3,(H,25,28). The lowest BCUT2D eigenvalue weighted by molar-refractivity contribution is -0.383. The molecule has 2 aromatic carbocycles. The first-order valence-corrected chi connectivity index (χ1v) is 9.79. The van der Waals surface area contributed by atoms with Crippen molar-refractivity contribution in [2.75, 3.05) is 18.0 Å².